The van der Waals surface area contributed by atoms with E-state index in [-0.39, 0.29) is 0 Å². The van der Waals surface area contributed by atoms with Gasteiger partial charge in [0.2, 0.25) is 0 Å². The SMILES string of the molecule is C=COCC1=C(C)CCC1. The van der Waals surface area contributed by atoms with Gasteiger partial charge in [0.15, 0.2) is 0 Å². The second kappa shape index (κ2) is 3.45. The number of allylic oxidation sites excluding steroid dienone is 1. The van der Waals surface area contributed by atoms with Crippen LogP contribution in [0.3, 0.4) is 0 Å². The van der Waals surface area contributed by atoms with Crippen LogP contribution >= 0.6 is 0 Å². The van der Waals surface area contributed by atoms with Crippen molar-refractivity contribution >= 4 is 0 Å². The summed E-state index contributed by atoms with van der Waals surface area (Å²) in [4.78, 5) is 0. The molecule has 0 bridgehead atoms. The molecule has 10 heavy (non-hydrogen) atoms. The Hall–Kier alpha value is -0.720. The maximum absolute atomic E-state index is 5.09. The van der Waals surface area contributed by atoms with Crippen LogP contribution in [0.25, 0.3) is 0 Å². The van der Waals surface area contributed by atoms with Crippen molar-refractivity contribution in [2.24, 2.45) is 0 Å². The summed E-state index contributed by atoms with van der Waals surface area (Å²) in [5, 5.41) is 0. The molecular formula is C9H14O. The van der Waals surface area contributed by atoms with Crippen molar-refractivity contribution in [2.75, 3.05) is 6.61 Å². The van der Waals surface area contributed by atoms with Crippen molar-refractivity contribution in [3.05, 3.63) is 24.0 Å². The first-order valence-corrected chi connectivity index (χ1v) is 3.74. The molecule has 0 aliphatic heterocycles. The minimum Gasteiger partial charge on any atom is -0.497 e. The lowest BCUT2D eigenvalue weighted by Gasteiger charge is -2.01. The van der Waals surface area contributed by atoms with Crippen molar-refractivity contribution in [3.63, 3.8) is 0 Å². The molecule has 0 saturated heterocycles. The maximum atomic E-state index is 5.09. The Labute approximate surface area is 62.4 Å². The van der Waals surface area contributed by atoms with E-state index in [0.29, 0.717) is 0 Å². The minimum atomic E-state index is 0.759. The molecule has 0 saturated carbocycles. The number of hydrogen-bond acceptors (Lipinski definition) is 1. The van der Waals surface area contributed by atoms with E-state index in [2.05, 4.69) is 13.5 Å². The summed E-state index contributed by atoms with van der Waals surface area (Å²) in [5.74, 6) is 0. The minimum absolute atomic E-state index is 0.759. The van der Waals surface area contributed by atoms with Gasteiger partial charge in [-0.05, 0) is 31.8 Å². The zero-order valence-corrected chi connectivity index (χ0v) is 6.52. The van der Waals surface area contributed by atoms with Crippen LogP contribution in [0.1, 0.15) is 26.2 Å². The zero-order valence-electron chi connectivity index (χ0n) is 6.52. The van der Waals surface area contributed by atoms with E-state index in [0.717, 1.165) is 6.61 Å². The first-order valence-electron chi connectivity index (χ1n) is 3.74. The lowest BCUT2D eigenvalue weighted by Crippen LogP contribution is -1.91. The Morgan fingerprint density at radius 3 is 2.90 bits per heavy atom. The lowest BCUT2D eigenvalue weighted by molar-refractivity contribution is 0.279. The van der Waals surface area contributed by atoms with Gasteiger partial charge in [0, 0.05) is 0 Å². The highest BCUT2D eigenvalue weighted by atomic mass is 16.5. The Morgan fingerprint density at radius 2 is 2.40 bits per heavy atom. The van der Waals surface area contributed by atoms with Gasteiger partial charge in [-0.25, -0.2) is 0 Å². The average molecular weight is 138 g/mol. The first-order chi connectivity index (χ1) is 4.84. The third-order valence-corrected chi connectivity index (χ3v) is 2.01. The number of rotatable bonds is 3. The summed E-state index contributed by atoms with van der Waals surface area (Å²) >= 11 is 0. The van der Waals surface area contributed by atoms with Crippen LogP contribution in [-0.4, -0.2) is 6.61 Å². The second-order valence-electron chi connectivity index (χ2n) is 2.72. The predicted octanol–water partition coefficient (Wildman–Crippen LogP) is 2.65. The molecule has 0 amide bonds. The average Bonchev–Trinajstić information content (AvgIpc) is 2.31. The summed E-state index contributed by atoms with van der Waals surface area (Å²) in [6.45, 7) is 6.45. The predicted molar refractivity (Wildman–Crippen MR) is 42.7 cm³/mol. The van der Waals surface area contributed by atoms with Crippen LogP contribution < -0.4 is 0 Å². The third kappa shape index (κ3) is 1.63. The molecule has 0 spiro atoms. The quantitative estimate of drug-likeness (QED) is 0.430. The molecule has 1 heteroatoms. The second-order valence-corrected chi connectivity index (χ2v) is 2.72. The van der Waals surface area contributed by atoms with E-state index < -0.39 is 0 Å². The molecule has 0 aromatic rings. The molecule has 1 aliphatic rings. The van der Waals surface area contributed by atoms with Gasteiger partial charge < -0.3 is 4.74 Å². The Balaban J connectivity index is 2.38. The van der Waals surface area contributed by atoms with Gasteiger partial charge in [-0.1, -0.05) is 12.2 Å². The van der Waals surface area contributed by atoms with E-state index in [1.165, 1.54) is 36.7 Å². The van der Waals surface area contributed by atoms with Crippen LogP contribution in [-0.2, 0) is 4.74 Å². The smallest absolute Gasteiger partial charge is 0.109 e. The molecule has 0 unspecified atom stereocenters. The first kappa shape index (κ1) is 7.39. The normalized spacial score (nSPS) is 17.7. The van der Waals surface area contributed by atoms with Crippen molar-refractivity contribution in [2.45, 2.75) is 26.2 Å². The Kier molecular flexibility index (Phi) is 2.55. The molecule has 0 fully saturated rings. The van der Waals surface area contributed by atoms with Gasteiger partial charge >= 0.3 is 0 Å². The highest BCUT2D eigenvalue weighted by molar-refractivity contribution is 5.17. The van der Waals surface area contributed by atoms with Crippen LogP contribution in [0.4, 0.5) is 0 Å². The van der Waals surface area contributed by atoms with E-state index >= 15 is 0 Å². The van der Waals surface area contributed by atoms with Crippen molar-refractivity contribution < 1.29 is 4.74 Å². The van der Waals surface area contributed by atoms with Gasteiger partial charge in [0.25, 0.3) is 0 Å². The van der Waals surface area contributed by atoms with Gasteiger partial charge in [0.05, 0.1) is 6.26 Å². The molecular weight excluding hydrogens is 124 g/mol. The van der Waals surface area contributed by atoms with Gasteiger partial charge in [0.1, 0.15) is 6.61 Å². The maximum Gasteiger partial charge on any atom is 0.109 e. The summed E-state index contributed by atoms with van der Waals surface area (Å²) in [5.41, 5.74) is 2.99. The van der Waals surface area contributed by atoms with Crippen molar-refractivity contribution in [1.82, 2.24) is 0 Å². The summed E-state index contributed by atoms with van der Waals surface area (Å²) in [6, 6.07) is 0. The van der Waals surface area contributed by atoms with Crippen molar-refractivity contribution in [3.8, 4) is 0 Å². The fourth-order valence-corrected chi connectivity index (χ4v) is 1.31. The molecule has 1 aliphatic carbocycles. The monoisotopic (exact) mass is 138 g/mol. The van der Waals surface area contributed by atoms with Crippen molar-refractivity contribution in [1.29, 1.82) is 0 Å². The van der Waals surface area contributed by atoms with Crippen LogP contribution in [0, 0.1) is 0 Å². The molecule has 0 radical (unpaired) electrons. The number of hydrogen-bond donors (Lipinski definition) is 0. The van der Waals surface area contributed by atoms with Crippen LogP contribution in [0.5, 0.6) is 0 Å². The standard InChI is InChI=1S/C9H14O/c1-3-10-7-9-6-4-5-8(9)2/h3H,1,4-7H2,2H3. The fraction of sp³-hybridized carbons (Fsp3) is 0.556. The van der Waals surface area contributed by atoms with Gasteiger partial charge in [-0.15, -0.1) is 0 Å². The fourth-order valence-electron chi connectivity index (χ4n) is 1.31. The highest BCUT2D eigenvalue weighted by Crippen LogP contribution is 2.25. The summed E-state index contributed by atoms with van der Waals surface area (Å²) < 4.78 is 5.09. The molecule has 0 atom stereocenters. The van der Waals surface area contributed by atoms with Crippen LogP contribution in [0.15, 0.2) is 24.0 Å². The third-order valence-electron chi connectivity index (χ3n) is 2.01. The van der Waals surface area contributed by atoms with Crippen LogP contribution in [0.2, 0.25) is 0 Å². The topological polar surface area (TPSA) is 9.23 Å². The van der Waals surface area contributed by atoms with Gasteiger partial charge in [-0.2, -0.15) is 0 Å². The highest BCUT2D eigenvalue weighted by Gasteiger charge is 2.09. The Morgan fingerprint density at radius 1 is 1.60 bits per heavy atom. The Bertz CT molecular complexity index is 156. The largest absolute Gasteiger partial charge is 0.497 e. The van der Waals surface area contributed by atoms with E-state index in [9.17, 15) is 0 Å². The summed E-state index contributed by atoms with van der Waals surface area (Å²) in [6.07, 6.45) is 5.30. The molecule has 1 rings (SSSR count). The van der Waals surface area contributed by atoms with Gasteiger partial charge in [-0.3, -0.25) is 0 Å². The van der Waals surface area contributed by atoms with E-state index in [4.69, 9.17) is 4.74 Å². The molecule has 0 N–H and O–H groups in total. The lowest BCUT2D eigenvalue weighted by atomic mass is 10.2. The molecule has 1 nitrogen and oxygen atoms in total. The van der Waals surface area contributed by atoms with E-state index in [1.807, 2.05) is 0 Å². The zero-order chi connectivity index (χ0) is 7.40. The summed E-state index contributed by atoms with van der Waals surface area (Å²) in [7, 11) is 0. The molecule has 0 aromatic carbocycles. The molecule has 0 heterocycles. The van der Waals surface area contributed by atoms with E-state index in [1.54, 1.807) is 0 Å². The molecule has 56 valence electrons. The molecule has 0 aromatic heterocycles. The number of ether oxygens (including phenoxy) is 1.